The van der Waals surface area contributed by atoms with Gasteiger partial charge in [-0.05, 0) is 6.08 Å². The Hall–Kier alpha value is -2.06. The van der Waals surface area contributed by atoms with E-state index in [0.29, 0.717) is 11.4 Å². The van der Waals surface area contributed by atoms with Gasteiger partial charge in [0.05, 0.1) is 24.1 Å². The van der Waals surface area contributed by atoms with E-state index in [4.69, 9.17) is 9.47 Å². The van der Waals surface area contributed by atoms with Crippen molar-refractivity contribution in [2.75, 3.05) is 25.7 Å². The molecule has 6 nitrogen and oxygen atoms in total. The van der Waals surface area contributed by atoms with Gasteiger partial charge in [0.1, 0.15) is 18.1 Å². The summed E-state index contributed by atoms with van der Waals surface area (Å²) in [5.41, 5.74) is 1.04. The van der Waals surface area contributed by atoms with Crippen LogP contribution in [0.1, 0.15) is 5.69 Å². The van der Waals surface area contributed by atoms with Crippen LogP contribution in [-0.2, 0) is 14.3 Å². The minimum absolute atomic E-state index is 0.0786. The van der Waals surface area contributed by atoms with Crippen LogP contribution in [0.15, 0.2) is 18.3 Å². The minimum atomic E-state index is -2.94. The van der Waals surface area contributed by atoms with Crippen molar-refractivity contribution in [3.8, 4) is 5.75 Å². The summed E-state index contributed by atoms with van der Waals surface area (Å²) in [6.07, 6.45) is 4.69. The molecule has 0 N–H and O–H groups in total. The van der Waals surface area contributed by atoms with Crippen molar-refractivity contribution in [3.05, 3.63) is 24.0 Å². The molecule has 0 saturated carbocycles. The monoisotopic (exact) mass is 314 g/mol. The van der Waals surface area contributed by atoms with Gasteiger partial charge < -0.3 is 23.9 Å². The lowest BCUT2D eigenvalue weighted by atomic mass is 10.1. The van der Waals surface area contributed by atoms with Gasteiger partial charge in [-0.1, -0.05) is 6.08 Å². The van der Waals surface area contributed by atoms with E-state index in [0.717, 1.165) is 6.29 Å². The van der Waals surface area contributed by atoms with Crippen molar-refractivity contribution in [3.63, 3.8) is 0 Å². The quantitative estimate of drug-likeness (QED) is 0.564. The van der Waals surface area contributed by atoms with Gasteiger partial charge in [0.15, 0.2) is 6.29 Å². The van der Waals surface area contributed by atoms with Gasteiger partial charge in [0, 0.05) is 20.3 Å². The normalized spacial score (nSPS) is 17.0. The van der Waals surface area contributed by atoms with Crippen LogP contribution in [0.25, 0.3) is 6.08 Å². The fourth-order valence-electron chi connectivity index (χ4n) is 2.17. The Balaban J connectivity index is 2.34. The fraction of sp³-hybridized carbons (Fsp3) is 0.429. The Morgan fingerprint density at radius 1 is 1.41 bits per heavy atom. The van der Waals surface area contributed by atoms with Crippen LogP contribution in [0, 0.1) is 0 Å². The molecule has 1 aliphatic heterocycles. The zero-order valence-electron chi connectivity index (χ0n) is 12.1. The molecule has 1 atom stereocenters. The number of aldehydes is 1. The molecule has 0 radical (unpaired) electrons. The summed E-state index contributed by atoms with van der Waals surface area (Å²) in [4.78, 5) is 17.0. The van der Waals surface area contributed by atoms with Crippen LogP contribution in [0.2, 0.25) is 0 Å². The number of carbonyl (C=O) groups excluding carboxylic acids is 1. The second kappa shape index (κ2) is 7.28. The molecule has 8 heteroatoms. The maximum absolute atomic E-state index is 12.3. The smallest absolute Gasteiger partial charge is 0.387 e. The maximum Gasteiger partial charge on any atom is 0.387 e. The molecular weight excluding hydrogens is 298 g/mol. The summed E-state index contributed by atoms with van der Waals surface area (Å²) in [6, 6.07) is 0.848. The molecule has 0 saturated heterocycles. The molecule has 1 aromatic rings. The van der Waals surface area contributed by atoms with Crippen LogP contribution in [0.5, 0.6) is 5.75 Å². The Kier molecular flexibility index (Phi) is 5.40. The standard InChI is InChI=1S/C14H16F2N2O4/c1-20-13(21-2)7-18-9(8-19)3-4-11-12(18)5-10(6-17-11)22-14(15)16/h3-6,8-9,13-14H,7H2,1-2H3. The molecule has 1 aromatic heterocycles. The Labute approximate surface area is 126 Å². The Morgan fingerprint density at radius 2 is 2.14 bits per heavy atom. The van der Waals surface area contributed by atoms with Crippen molar-refractivity contribution in [1.82, 2.24) is 4.98 Å². The number of methoxy groups -OCH3 is 2. The molecule has 0 amide bonds. The third-order valence-electron chi connectivity index (χ3n) is 3.23. The first-order chi connectivity index (χ1) is 10.6. The van der Waals surface area contributed by atoms with E-state index in [1.54, 1.807) is 17.1 Å². The van der Waals surface area contributed by atoms with Crippen molar-refractivity contribution < 1.29 is 27.8 Å². The van der Waals surface area contributed by atoms with E-state index in [1.807, 2.05) is 0 Å². The summed E-state index contributed by atoms with van der Waals surface area (Å²) in [6.45, 7) is -2.71. The number of anilines is 1. The first-order valence-corrected chi connectivity index (χ1v) is 6.49. The number of fused-ring (bicyclic) bond motifs is 1. The highest BCUT2D eigenvalue weighted by Crippen LogP contribution is 2.31. The van der Waals surface area contributed by atoms with Gasteiger partial charge in [-0.3, -0.25) is 4.98 Å². The number of hydrogen-bond acceptors (Lipinski definition) is 6. The van der Waals surface area contributed by atoms with Crippen LogP contribution < -0.4 is 9.64 Å². The molecule has 0 bridgehead atoms. The molecule has 2 heterocycles. The lowest BCUT2D eigenvalue weighted by Gasteiger charge is -2.34. The van der Waals surface area contributed by atoms with Crippen molar-refractivity contribution in [2.45, 2.75) is 18.9 Å². The number of hydrogen-bond donors (Lipinski definition) is 0. The highest BCUT2D eigenvalue weighted by atomic mass is 19.3. The molecule has 0 spiro atoms. The number of ether oxygens (including phenoxy) is 3. The van der Waals surface area contributed by atoms with Gasteiger partial charge in [-0.25, -0.2) is 0 Å². The average molecular weight is 314 g/mol. The van der Waals surface area contributed by atoms with E-state index in [-0.39, 0.29) is 12.3 Å². The summed E-state index contributed by atoms with van der Waals surface area (Å²) >= 11 is 0. The van der Waals surface area contributed by atoms with Crippen LogP contribution in [-0.4, -0.2) is 51.0 Å². The zero-order chi connectivity index (χ0) is 16.1. The molecule has 1 aliphatic rings. The van der Waals surface area contributed by atoms with Gasteiger partial charge in [0.2, 0.25) is 0 Å². The lowest BCUT2D eigenvalue weighted by Crippen LogP contribution is -2.43. The topological polar surface area (TPSA) is 60.9 Å². The van der Waals surface area contributed by atoms with Crippen molar-refractivity contribution in [2.24, 2.45) is 0 Å². The first kappa shape index (κ1) is 16.3. The molecule has 0 fully saturated rings. The van der Waals surface area contributed by atoms with Crippen LogP contribution in [0.4, 0.5) is 14.5 Å². The maximum atomic E-state index is 12.3. The van der Waals surface area contributed by atoms with E-state index < -0.39 is 18.9 Å². The molecule has 0 aromatic carbocycles. The summed E-state index contributed by atoms with van der Waals surface area (Å²) in [5.74, 6) is -0.0786. The minimum Gasteiger partial charge on any atom is -0.433 e. The second-order valence-corrected chi connectivity index (χ2v) is 4.49. The van der Waals surface area contributed by atoms with Crippen molar-refractivity contribution >= 4 is 18.0 Å². The van der Waals surface area contributed by atoms with Gasteiger partial charge in [-0.15, -0.1) is 0 Å². The Bertz CT molecular complexity index is 550. The predicted molar refractivity (Wildman–Crippen MR) is 74.9 cm³/mol. The molecular formula is C14H16F2N2O4. The summed E-state index contributed by atoms with van der Waals surface area (Å²) in [7, 11) is 2.94. The van der Waals surface area contributed by atoms with Gasteiger partial charge in [-0.2, -0.15) is 8.78 Å². The predicted octanol–water partition coefficient (Wildman–Crippen LogP) is 1.70. The number of alkyl halides is 2. The number of aromatic nitrogens is 1. The highest BCUT2D eigenvalue weighted by Gasteiger charge is 2.26. The number of pyridine rings is 1. The zero-order valence-corrected chi connectivity index (χ0v) is 12.1. The molecule has 2 rings (SSSR count). The number of halogens is 2. The summed E-state index contributed by atoms with van der Waals surface area (Å²) in [5, 5.41) is 0. The third kappa shape index (κ3) is 3.58. The lowest BCUT2D eigenvalue weighted by molar-refractivity contribution is -0.109. The second-order valence-electron chi connectivity index (χ2n) is 4.49. The van der Waals surface area contributed by atoms with Gasteiger partial charge >= 0.3 is 6.61 Å². The first-order valence-electron chi connectivity index (χ1n) is 6.49. The third-order valence-corrected chi connectivity index (χ3v) is 3.23. The molecule has 120 valence electrons. The molecule has 0 aliphatic carbocycles. The summed E-state index contributed by atoms with van der Waals surface area (Å²) < 4.78 is 39.3. The van der Waals surface area contributed by atoms with Gasteiger partial charge in [0.25, 0.3) is 0 Å². The SMILES string of the molecule is COC(CN1c2cc(OC(F)F)cnc2C=CC1C=O)OC. The fourth-order valence-corrected chi connectivity index (χ4v) is 2.17. The van der Waals surface area contributed by atoms with E-state index in [1.165, 1.54) is 26.5 Å². The Morgan fingerprint density at radius 3 is 2.73 bits per heavy atom. The van der Waals surface area contributed by atoms with E-state index in [2.05, 4.69) is 9.72 Å². The molecule has 1 unspecified atom stereocenters. The average Bonchev–Trinajstić information content (AvgIpc) is 2.51. The number of nitrogens with zero attached hydrogens (tertiary/aromatic N) is 2. The number of carbonyl (C=O) groups is 1. The highest BCUT2D eigenvalue weighted by molar-refractivity contribution is 5.79. The largest absolute Gasteiger partial charge is 0.433 e. The molecule has 22 heavy (non-hydrogen) atoms. The van der Waals surface area contributed by atoms with Crippen LogP contribution in [0.3, 0.4) is 0 Å². The van der Waals surface area contributed by atoms with E-state index >= 15 is 0 Å². The van der Waals surface area contributed by atoms with Crippen LogP contribution >= 0.6 is 0 Å². The number of rotatable bonds is 7. The van der Waals surface area contributed by atoms with Crippen molar-refractivity contribution in [1.29, 1.82) is 0 Å². The van der Waals surface area contributed by atoms with E-state index in [9.17, 15) is 13.6 Å².